The van der Waals surface area contributed by atoms with Crippen molar-refractivity contribution >= 4 is 5.97 Å². The second-order valence-electron chi connectivity index (χ2n) is 3.03. The molecule has 0 bridgehead atoms. The first-order valence-corrected chi connectivity index (χ1v) is 3.97. The highest BCUT2D eigenvalue weighted by Crippen LogP contribution is 2.34. The molecule has 14 heavy (non-hydrogen) atoms. The third-order valence-electron chi connectivity index (χ3n) is 2.38. The van der Waals surface area contributed by atoms with Crippen LogP contribution in [0.1, 0.15) is 6.92 Å². The predicted octanol–water partition coefficient (Wildman–Crippen LogP) is 1.74. The average molecular weight is 188 g/mol. The normalized spacial score (nSPS) is 29.9. The summed E-state index contributed by atoms with van der Waals surface area (Å²) in [4.78, 5) is 17.3. The van der Waals surface area contributed by atoms with E-state index < -0.39 is 17.4 Å². The first-order chi connectivity index (χ1) is 6.58. The number of rotatable bonds is 1. The Labute approximate surface area is 81.8 Å². The van der Waals surface area contributed by atoms with Gasteiger partial charge in [0, 0.05) is 6.08 Å². The Morgan fingerprint density at radius 3 is 2.71 bits per heavy atom. The zero-order valence-corrected chi connectivity index (χ0v) is 7.56. The molecule has 0 heterocycles. The van der Waals surface area contributed by atoms with Crippen LogP contribution < -0.4 is 0 Å². The molecule has 0 fully saturated rings. The molecule has 0 radical (unpaired) electrons. The quantitative estimate of drug-likeness (QED) is 0.637. The first kappa shape index (κ1) is 10.0. The summed E-state index contributed by atoms with van der Waals surface area (Å²) in [5.41, 5.74) is -1.29. The molecule has 1 N–H and O–H groups in total. The largest absolute Gasteiger partial charge is 0.475 e. The molecule has 4 heteroatoms. The van der Waals surface area contributed by atoms with Gasteiger partial charge in [-0.1, -0.05) is 19.1 Å². The molecule has 1 rings (SSSR count). The van der Waals surface area contributed by atoms with Gasteiger partial charge in [0.25, 0.3) is 0 Å². The van der Waals surface area contributed by atoms with Gasteiger partial charge in [-0.25, -0.2) is 16.2 Å². The van der Waals surface area contributed by atoms with Gasteiger partial charge in [0.2, 0.25) is 0 Å². The summed E-state index contributed by atoms with van der Waals surface area (Å²) in [5.74, 6) is -1.80. The summed E-state index contributed by atoms with van der Waals surface area (Å²) in [6, 6.07) is 0. The number of nitrogens with zero attached hydrogens (tertiary/aromatic N) is 2. The highest BCUT2D eigenvalue weighted by molar-refractivity contribution is 5.85. The molecule has 4 nitrogen and oxygen atoms in total. The van der Waals surface area contributed by atoms with Crippen LogP contribution >= 0.6 is 0 Å². The SMILES string of the molecule is [C-]#[N+]C1=CC=CC([N+]#[C-])(C(=O)O)C1C. The maximum atomic E-state index is 11.0. The highest BCUT2D eigenvalue weighted by Gasteiger charge is 2.51. The van der Waals surface area contributed by atoms with E-state index in [0.717, 1.165) is 0 Å². The van der Waals surface area contributed by atoms with Gasteiger partial charge in [-0.3, -0.25) is 4.85 Å². The second kappa shape index (κ2) is 3.35. The summed E-state index contributed by atoms with van der Waals surface area (Å²) >= 11 is 0. The number of carbonyl (C=O) groups is 1. The van der Waals surface area contributed by atoms with E-state index in [2.05, 4.69) is 9.69 Å². The van der Waals surface area contributed by atoms with Crippen LogP contribution in [0.4, 0.5) is 0 Å². The van der Waals surface area contributed by atoms with Crippen molar-refractivity contribution < 1.29 is 9.90 Å². The van der Waals surface area contributed by atoms with Crippen LogP contribution in [0.5, 0.6) is 0 Å². The van der Waals surface area contributed by atoms with Crippen LogP contribution in [0.3, 0.4) is 0 Å². The first-order valence-electron chi connectivity index (χ1n) is 3.97. The van der Waals surface area contributed by atoms with Gasteiger partial charge in [-0.05, 0) is 0 Å². The topological polar surface area (TPSA) is 46.0 Å². The number of hydrogen-bond donors (Lipinski definition) is 1. The lowest BCUT2D eigenvalue weighted by Crippen LogP contribution is -2.41. The zero-order chi connectivity index (χ0) is 10.8. The molecule has 1 aliphatic carbocycles. The highest BCUT2D eigenvalue weighted by atomic mass is 16.4. The fraction of sp³-hybridized carbons (Fsp3) is 0.300. The number of allylic oxidation sites excluding steroid dienone is 2. The molecule has 0 aromatic carbocycles. The molecule has 0 aromatic heterocycles. The van der Waals surface area contributed by atoms with Crippen molar-refractivity contribution in [3.8, 4) is 0 Å². The lowest BCUT2D eigenvalue weighted by Gasteiger charge is -2.22. The fourth-order valence-corrected chi connectivity index (χ4v) is 1.38. The minimum Gasteiger partial charge on any atom is -0.475 e. The smallest absolute Gasteiger partial charge is 0.394 e. The molecular formula is C10H8N2O2. The second-order valence-corrected chi connectivity index (χ2v) is 3.03. The molecule has 0 spiro atoms. The van der Waals surface area contributed by atoms with Gasteiger partial charge in [0.05, 0.1) is 12.5 Å². The molecule has 0 saturated heterocycles. The average Bonchev–Trinajstić information content (AvgIpc) is 2.18. The summed E-state index contributed by atoms with van der Waals surface area (Å²) in [5, 5.41) is 8.98. The maximum Gasteiger partial charge on any atom is 0.394 e. The molecule has 0 amide bonds. The van der Waals surface area contributed by atoms with Crippen molar-refractivity contribution in [3.63, 3.8) is 0 Å². The Balaban J connectivity index is 3.25. The third-order valence-corrected chi connectivity index (χ3v) is 2.38. The molecule has 2 unspecified atom stereocenters. The van der Waals surface area contributed by atoms with E-state index in [0.29, 0.717) is 5.70 Å². The Kier molecular flexibility index (Phi) is 2.40. The van der Waals surface area contributed by atoms with E-state index in [1.54, 1.807) is 13.0 Å². The zero-order valence-electron chi connectivity index (χ0n) is 7.56. The van der Waals surface area contributed by atoms with Gasteiger partial charge in [-0.2, -0.15) is 0 Å². The molecule has 0 aliphatic heterocycles. The summed E-state index contributed by atoms with van der Waals surface area (Å²) in [6.07, 6.45) is 4.34. The van der Waals surface area contributed by atoms with Crippen molar-refractivity contribution in [1.82, 2.24) is 0 Å². The van der Waals surface area contributed by atoms with E-state index in [1.165, 1.54) is 12.2 Å². The third kappa shape index (κ3) is 1.18. The summed E-state index contributed by atoms with van der Waals surface area (Å²) < 4.78 is 0. The van der Waals surface area contributed by atoms with Gasteiger partial charge >= 0.3 is 11.5 Å². The Morgan fingerprint density at radius 1 is 1.64 bits per heavy atom. The van der Waals surface area contributed by atoms with E-state index in [9.17, 15) is 4.79 Å². The number of carboxylic acid groups (broad SMARTS) is 1. The van der Waals surface area contributed by atoms with Crippen LogP contribution in [0.25, 0.3) is 9.69 Å². The van der Waals surface area contributed by atoms with E-state index in [1.807, 2.05) is 0 Å². The predicted molar refractivity (Wildman–Crippen MR) is 50.0 cm³/mol. The van der Waals surface area contributed by atoms with Crippen molar-refractivity contribution in [2.75, 3.05) is 0 Å². The van der Waals surface area contributed by atoms with Gasteiger partial charge in [0.15, 0.2) is 5.70 Å². The maximum absolute atomic E-state index is 11.0. The van der Waals surface area contributed by atoms with Crippen molar-refractivity contribution in [2.45, 2.75) is 12.5 Å². The number of aliphatic carboxylic acids is 1. The van der Waals surface area contributed by atoms with Crippen molar-refractivity contribution in [1.29, 1.82) is 0 Å². The standard InChI is InChI=1S/C10H8N2O2/c1-7-8(11-2)5-4-6-10(7,12-3)9(13)14/h4-7H,1H3,(H,13,14). The number of carboxylic acids is 1. The monoisotopic (exact) mass is 188 g/mol. The lowest BCUT2D eigenvalue weighted by molar-refractivity contribution is -0.141. The van der Waals surface area contributed by atoms with Crippen LogP contribution in [0, 0.1) is 19.1 Å². The molecule has 1 aliphatic rings. The summed E-state index contributed by atoms with van der Waals surface area (Å²) in [7, 11) is 0. The minimum absolute atomic E-state index is 0.311. The van der Waals surface area contributed by atoms with E-state index in [-0.39, 0.29) is 0 Å². The van der Waals surface area contributed by atoms with Crippen molar-refractivity contribution in [2.24, 2.45) is 5.92 Å². The Hall–Kier alpha value is -2.07. The Bertz CT molecular complexity index is 409. The van der Waals surface area contributed by atoms with Crippen LogP contribution in [-0.2, 0) is 4.79 Å². The molecule has 0 aromatic rings. The van der Waals surface area contributed by atoms with E-state index >= 15 is 0 Å². The van der Waals surface area contributed by atoms with Gasteiger partial charge < -0.3 is 5.11 Å². The van der Waals surface area contributed by atoms with Crippen LogP contribution in [0.15, 0.2) is 23.9 Å². The molecule has 0 saturated carbocycles. The number of hydrogen-bond acceptors (Lipinski definition) is 1. The fourth-order valence-electron chi connectivity index (χ4n) is 1.38. The lowest BCUT2D eigenvalue weighted by atomic mass is 9.80. The summed E-state index contributed by atoms with van der Waals surface area (Å²) in [6.45, 7) is 15.4. The minimum atomic E-state index is -1.60. The molecule has 2 atom stereocenters. The Morgan fingerprint density at radius 2 is 2.29 bits per heavy atom. The van der Waals surface area contributed by atoms with Crippen LogP contribution in [0.2, 0.25) is 0 Å². The van der Waals surface area contributed by atoms with E-state index in [4.69, 9.17) is 18.3 Å². The molecule has 70 valence electrons. The molecular weight excluding hydrogens is 180 g/mol. The van der Waals surface area contributed by atoms with Crippen LogP contribution in [-0.4, -0.2) is 16.6 Å². The van der Waals surface area contributed by atoms with Gasteiger partial charge in [-0.15, -0.1) is 0 Å². The van der Waals surface area contributed by atoms with Gasteiger partial charge in [0.1, 0.15) is 0 Å². The van der Waals surface area contributed by atoms with Crippen molar-refractivity contribution in [3.05, 3.63) is 46.8 Å².